The molecule has 2 aliphatic rings. The molecule has 0 saturated carbocycles. The van der Waals surface area contributed by atoms with E-state index >= 15 is 0 Å². The van der Waals surface area contributed by atoms with E-state index in [4.69, 9.17) is 8.92 Å². The molecule has 4 N–H and O–H groups in total. The van der Waals surface area contributed by atoms with Crippen LogP contribution < -0.4 is 4.74 Å². The summed E-state index contributed by atoms with van der Waals surface area (Å²) in [5.41, 5.74) is -1.50. The lowest BCUT2D eigenvalue weighted by Gasteiger charge is -2.36. The Morgan fingerprint density at radius 3 is 1.80 bits per heavy atom. The maximum absolute atomic E-state index is 12.9. The maximum atomic E-state index is 12.9. The summed E-state index contributed by atoms with van der Waals surface area (Å²) in [6.07, 6.45) is 0. The summed E-state index contributed by atoms with van der Waals surface area (Å²) in [4.78, 5) is -0.101. The van der Waals surface area contributed by atoms with E-state index in [1.807, 2.05) is 0 Å². The Bertz CT molecular complexity index is 1320. The molecule has 8 nitrogen and oxygen atoms in total. The smallest absolute Gasteiger partial charge is 0.298 e. The molecular weight excluding hydrogens is 548 g/mol. The van der Waals surface area contributed by atoms with Crippen LogP contribution in [-0.4, -0.2) is 28.8 Å². The molecule has 0 bridgehead atoms. The fourth-order valence-electron chi connectivity index (χ4n) is 3.80. The van der Waals surface area contributed by atoms with Gasteiger partial charge in [0.1, 0.15) is 4.90 Å². The van der Waals surface area contributed by atoms with Crippen LogP contribution in [0.5, 0.6) is 34.5 Å². The Morgan fingerprint density at radius 2 is 1.27 bits per heavy atom. The van der Waals surface area contributed by atoms with Gasteiger partial charge in [0.25, 0.3) is 10.1 Å². The van der Waals surface area contributed by atoms with Crippen molar-refractivity contribution in [3.8, 4) is 34.5 Å². The zero-order valence-corrected chi connectivity index (χ0v) is 18.5. The van der Waals surface area contributed by atoms with E-state index in [2.05, 4.69) is 31.9 Å². The Labute approximate surface area is 186 Å². The Morgan fingerprint density at radius 1 is 0.767 bits per heavy atom. The van der Waals surface area contributed by atoms with Gasteiger partial charge in [0.05, 0.1) is 8.95 Å². The van der Waals surface area contributed by atoms with E-state index in [0.717, 1.165) is 0 Å². The molecule has 2 heterocycles. The van der Waals surface area contributed by atoms with E-state index in [0.29, 0.717) is 0 Å². The minimum Gasteiger partial charge on any atom is -0.503 e. The Kier molecular flexibility index (Phi) is 3.92. The number of benzene rings is 3. The second kappa shape index (κ2) is 6.03. The fraction of sp³-hybridized carbons (Fsp3) is 0.0526. The van der Waals surface area contributed by atoms with Crippen LogP contribution in [0, 0.1) is 0 Å². The first-order chi connectivity index (χ1) is 14.1. The number of hydrogen-bond acceptors (Lipinski definition) is 8. The van der Waals surface area contributed by atoms with E-state index in [1.54, 1.807) is 6.07 Å². The number of aromatic hydroxyl groups is 4. The summed E-state index contributed by atoms with van der Waals surface area (Å²) in [7, 11) is -4.25. The third-order valence-corrected chi connectivity index (χ3v) is 7.67. The molecule has 30 heavy (non-hydrogen) atoms. The molecule has 0 aromatic heterocycles. The number of ether oxygens (including phenoxy) is 1. The number of halogens is 2. The first-order valence-electron chi connectivity index (χ1n) is 8.32. The van der Waals surface area contributed by atoms with Gasteiger partial charge in [-0.25, -0.2) is 4.18 Å². The topological polar surface area (TPSA) is 134 Å². The molecule has 11 heteroatoms. The van der Waals surface area contributed by atoms with Crippen molar-refractivity contribution in [1.82, 2.24) is 0 Å². The zero-order valence-electron chi connectivity index (χ0n) is 14.6. The lowest BCUT2D eigenvalue weighted by atomic mass is 9.77. The molecule has 2 aliphatic heterocycles. The maximum Gasteiger partial charge on any atom is 0.298 e. The predicted octanol–water partition coefficient (Wildman–Crippen LogP) is 4.15. The predicted molar refractivity (Wildman–Crippen MR) is 110 cm³/mol. The standard InChI is InChI=1S/C19H10Br2O8S/c20-10-5-8-17(15(24)13(10)22)28-18-9(6-11(21)14(23)16(18)25)19(8)7-3-1-2-4-12(7)30(26,27)29-19/h1-6,22-25H. The van der Waals surface area contributed by atoms with Crippen LogP contribution in [0.2, 0.25) is 0 Å². The van der Waals surface area contributed by atoms with Gasteiger partial charge in [-0.15, -0.1) is 0 Å². The largest absolute Gasteiger partial charge is 0.503 e. The van der Waals surface area contributed by atoms with Gasteiger partial charge in [-0.1, -0.05) is 18.2 Å². The minimum atomic E-state index is -4.25. The van der Waals surface area contributed by atoms with Crippen LogP contribution in [-0.2, 0) is 19.9 Å². The van der Waals surface area contributed by atoms with E-state index in [9.17, 15) is 28.8 Å². The lowest BCUT2D eigenvalue weighted by Crippen LogP contribution is -2.33. The molecule has 0 aliphatic carbocycles. The normalized spacial score (nSPS) is 17.1. The molecule has 0 radical (unpaired) electrons. The van der Waals surface area contributed by atoms with Crippen molar-refractivity contribution in [3.05, 3.63) is 62.0 Å². The lowest BCUT2D eigenvalue weighted by molar-refractivity contribution is 0.159. The average Bonchev–Trinajstić information content (AvgIpc) is 2.95. The molecule has 1 spiro atoms. The van der Waals surface area contributed by atoms with Gasteiger partial charge >= 0.3 is 0 Å². The first-order valence-corrected chi connectivity index (χ1v) is 11.3. The second-order valence-corrected chi connectivity index (χ2v) is 9.90. The van der Waals surface area contributed by atoms with Crippen LogP contribution >= 0.6 is 31.9 Å². The molecule has 0 saturated heterocycles. The van der Waals surface area contributed by atoms with E-state index < -0.39 is 38.7 Å². The average molecular weight is 558 g/mol. The fourth-order valence-corrected chi connectivity index (χ4v) is 6.05. The third kappa shape index (κ3) is 2.26. The monoisotopic (exact) mass is 556 g/mol. The third-order valence-electron chi connectivity index (χ3n) is 5.10. The number of phenols is 4. The quantitative estimate of drug-likeness (QED) is 0.239. The number of hydrogen-bond donors (Lipinski definition) is 4. The molecule has 0 fully saturated rings. The Balaban J connectivity index is 2.02. The van der Waals surface area contributed by atoms with Gasteiger partial charge in [-0.3, -0.25) is 0 Å². The van der Waals surface area contributed by atoms with Crippen molar-refractivity contribution in [1.29, 1.82) is 0 Å². The van der Waals surface area contributed by atoms with Crippen molar-refractivity contribution in [3.63, 3.8) is 0 Å². The molecule has 5 rings (SSSR count). The summed E-state index contributed by atoms with van der Waals surface area (Å²) in [6.45, 7) is 0. The molecule has 0 atom stereocenters. The van der Waals surface area contributed by atoms with Crippen LogP contribution in [0.1, 0.15) is 16.7 Å². The number of fused-ring (bicyclic) bond motifs is 6. The zero-order chi connectivity index (χ0) is 21.6. The molecular formula is C19H10Br2O8S. The van der Waals surface area contributed by atoms with Gasteiger partial charge in [-0.2, -0.15) is 8.42 Å². The van der Waals surface area contributed by atoms with Crippen molar-refractivity contribution >= 4 is 42.0 Å². The molecule has 0 amide bonds. The minimum absolute atomic E-state index is 0.0672. The summed E-state index contributed by atoms with van der Waals surface area (Å²) in [5, 5.41) is 41.4. The summed E-state index contributed by atoms with van der Waals surface area (Å²) in [5.74, 6) is -3.16. The van der Waals surface area contributed by atoms with Crippen molar-refractivity contribution < 1.29 is 37.8 Å². The van der Waals surface area contributed by atoms with Gasteiger partial charge in [-0.05, 0) is 50.1 Å². The van der Waals surface area contributed by atoms with E-state index in [-0.39, 0.29) is 42.0 Å². The van der Waals surface area contributed by atoms with Crippen molar-refractivity contribution in [2.75, 3.05) is 0 Å². The molecule has 0 unspecified atom stereocenters. The summed E-state index contributed by atoms with van der Waals surface area (Å²) in [6, 6.07) is 8.79. The van der Waals surface area contributed by atoms with Crippen molar-refractivity contribution in [2.24, 2.45) is 0 Å². The highest BCUT2D eigenvalue weighted by molar-refractivity contribution is 9.11. The highest BCUT2D eigenvalue weighted by Crippen LogP contribution is 2.64. The van der Waals surface area contributed by atoms with Crippen LogP contribution in [0.25, 0.3) is 0 Å². The molecule has 3 aromatic carbocycles. The van der Waals surface area contributed by atoms with E-state index in [1.165, 1.54) is 30.3 Å². The number of phenolic OH excluding ortho intramolecular Hbond substituents is 4. The van der Waals surface area contributed by atoms with Gasteiger partial charge in [0.15, 0.2) is 28.6 Å². The summed E-state index contributed by atoms with van der Waals surface area (Å²) >= 11 is 6.27. The molecule has 154 valence electrons. The van der Waals surface area contributed by atoms with Crippen LogP contribution in [0.15, 0.2) is 50.2 Å². The van der Waals surface area contributed by atoms with Gasteiger partial charge in [0, 0.05) is 16.7 Å². The SMILES string of the molecule is O=S1(=O)OC2(c3ccccc31)c1cc(Br)c(O)c(O)c1Oc1c2cc(Br)c(O)c1O. The number of rotatable bonds is 0. The molecule has 3 aromatic rings. The first kappa shape index (κ1) is 19.5. The van der Waals surface area contributed by atoms with Crippen LogP contribution in [0.4, 0.5) is 0 Å². The second-order valence-electron chi connectivity index (χ2n) is 6.68. The van der Waals surface area contributed by atoms with Gasteiger partial charge < -0.3 is 25.2 Å². The van der Waals surface area contributed by atoms with Crippen LogP contribution in [0.3, 0.4) is 0 Å². The summed E-state index contributed by atoms with van der Waals surface area (Å²) < 4.78 is 37.3. The van der Waals surface area contributed by atoms with Gasteiger partial charge in [0.2, 0.25) is 11.5 Å². The Hall–Kier alpha value is -2.47. The highest BCUT2D eigenvalue weighted by Gasteiger charge is 2.57. The highest BCUT2D eigenvalue weighted by atomic mass is 79.9. The van der Waals surface area contributed by atoms with Crippen molar-refractivity contribution in [2.45, 2.75) is 10.5 Å².